The maximum atomic E-state index is 11.8. The highest BCUT2D eigenvalue weighted by atomic mass is 16.9. The topological polar surface area (TPSA) is 140 Å². The van der Waals surface area contributed by atoms with Crippen LogP contribution < -0.4 is 0 Å². The molecule has 11 heteroatoms. The summed E-state index contributed by atoms with van der Waals surface area (Å²) in [6, 6.07) is 0. The summed E-state index contributed by atoms with van der Waals surface area (Å²) >= 11 is 0. The number of carbonyl (C=O) groups is 3. The number of nitrogens with zero attached hydrogens (tertiary/aromatic N) is 2. The highest BCUT2D eigenvalue weighted by Crippen LogP contribution is 2.32. The van der Waals surface area contributed by atoms with Gasteiger partial charge < -0.3 is 23.6 Å². The summed E-state index contributed by atoms with van der Waals surface area (Å²) in [6.07, 6.45) is -0.521. The van der Waals surface area contributed by atoms with Crippen LogP contribution in [-0.2, 0) is 28.6 Å². The second-order valence-corrected chi connectivity index (χ2v) is 4.27. The van der Waals surface area contributed by atoms with Crippen molar-refractivity contribution in [2.24, 2.45) is 0 Å². The van der Waals surface area contributed by atoms with Crippen molar-refractivity contribution in [3.63, 3.8) is 0 Å². The summed E-state index contributed by atoms with van der Waals surface area (Å²) < 4.78 is 18.3. The molecule has 0 saturated heterocycles. The molecule has 2 rings (SSSR count). The van der Waals surface area contributed by atoms with Crippen molar-refractivity contribution in [2.75, 3.05) is 21.3 Å². The number of ether oxygens (including phenoxy) is 3. The van der Waals surface area contributed by atoms with E-state index in [1.807, 2.05) is 0 Å². The predicted molar refractivity (Wildman–Crippen MR) is 68.1 cm³/mol. The molecule has 124 valence electrons. The molecule has 0 N–H and O–H groups in total. The van der Waals surface area contributed by atoms with E-state index in [4.69, 9.17) is 9.36 Å². The van der Waals surface area contributed by atoms with E-state index in [2.05, 4.69) is 19.4 Å². The van der Waals surface area contributed by atoms with E-state index in [0.717, 1.165) is 27.6 Å². The molecule has 0 aromatic carbocycles. The molecule has 0 amide bonds. The molecule has 0 bridgehead atoms. The van der Waals surface area contributed by atoms with Gasteiger partial charge in [-0.3, -0.25) is 10.0 Å². The second-order valence-electron chi connectivity index (χ2n) is 4.27. The number of carbonyl (C=O) groups excluding carboxylic acids is 3. The van der Waals surface area contributed by atoms with E-state index in [1.165, 1.54) is 0 Å². The number of esters is 3. The van der Waals surface area contributed by atoms with Crippen molar-refractivity contribution in [1.29, 1.82) is 0 Å². The summed E-state index contributed by atoms with van der Waals surface area (Å²) in [5.41, 5.74) is -0.922. The number of hydrogen-bond donors (Lipinski definition) is 0. The van der Waals surface area contributed by atoms with Crippen molar-refractivity contribution < 1.29 is 42.9 Å². The average molecular weight is 328 g/mol. The van der Waals surface area contributed by atoms with Crippen LogP contribution in [0.4, 0.5) is 0 Å². The molecule has 1 aliphatic rings. The smallest absolute Gasteiger partial charge is 0.405 e. The lowest BCUT2D eigenvalue weighted by atomic mass is 9.89. The molecule has 1 aromatic heterocycles. The van der Waals surface area contributed by atoms with Gasteiger partial charge in [-0.15, -0.1) is 0 Å². The van der Waals surface area contributed by atoms with E-state index >= 15 is 0 Å². The molecule has 11 nitrogen and oxygen atoms in total. The maximum Gasteiger partial charge on any atom is 0.405 e. The van der Waals surface area contributed by atoms with E-state index in [9.17, 15) is 19.6 Å². The van der Waals surface area contributed by atoms with Gasteiger partial charge >= 0.3 is 23.6 Å². The number of methoxy groups -OCH3 is 3. The fourth-order valence-electron chi connectivity index (χ4n) is 2.11. The highest BCUT2D eigenvalue weighted by molar-refractivity contribution is 6.37. The largest absolute Gasteiger partial charge is 0.468 e. The van der Waals surface area contributed by atoms with Crippen molar-refractivity contribution in [2.45, 2.75) is 12.0 Å². The minimum Gasteiger partial charge on any atom is -0.468 e. The lowest BCUT2D eigenvalue weighted by Gasteiger charge is -2.15. The van der Waals surface area contributed by atoms with Gasteiger partial charge in [0.1, 0.15) is 12.2 Å². The van der Waals surface area contributed by atoms with Crippen molar-refractivity contribution >= 4 is 23.6 Å². The first-order chi connectivity index (χ1) is 11.0. The lowest BCUT2D eigenvalue weighted by Crippen LogP contribution is -2.34. The standard InChI is InChI=1S/C12H12N2O9/c1-19-10(15)7-5(4-22-13-7)6-8(11(16)20-2)14(18)23-9(6)12(17)21-3/h4,6,9H,1-3H3/t6-,9+/m0/s1. The summed E-state index contributed by atoms with van der Waals surface area (Å²) in [6.45, 7) is 0. The Morgan fingerprint density at radius 3 is 2.39 bits per heavy atom. The van der Waals surface area contributed by atoms with Crippen LogP contribution >= 0.6 is 0 Å². The monoisotopic (exact) mass is 328 g/mol. The van der Waals surface area contributed by atoms with Gasteiger partial charge in [-0.2, -0.15) is 0 Å². The average Bonchev–Trinajstić information content (AvgIpc) is 3.16. The molecule has 23 heavy (non-hydrogen) atoms. The van der Waals surface area contributed by atoms with Gasteiger partial charge in [0.2, 0.25) is 0 Å². The minimum absolute atomic E-state index is 0.0500. The first-order valence-corrected chi connectivity index (χ1v) is 6.15. The van der Waals surface area contributed by atoms with E-state index in [-0.39, 0.29) is 16.2 Å². The highest BCUT2D eigenvalue weighted by Gasteiger charge is 2.52. The first kappa shape index (κ1) is 16.3. The van der Waals surface area contributed by atoms with E-state index in [0.29, 0.717) is 0 Å². The van der Waals surface area contributed by atoms with Gasteiger partial charge in [0.05, 0.1) is 26.2 Å². The second kappa shape index (κ2) is 6.34. The van der Waals surface area contributed by atoms with Crippen LogP contribution in [0.2, 0.25) is 0 Å². The van der Waals surface area contributed by atoms with E-state index < -0.39 is 35.6 Å². The zero-order chi connectivity index (χ0) is 17.1. The Hall–Kier alpha value is -3.11. The van der Waals surface area contributed by atoms with Crippen LogP contribution in [0.25, 0.3) is 0 Å². The first-order valence-electron chi connectivity index (χ1n) is 6.15. The molecule has 2 atom stereocenters. The summed E-state index contributed by atoms with van der Waals surface area (Å²) in [7, 11) is 3.22. The number of rotatable bonds is 4. The molecule has 0 fully saturated rings. The minimum atomic E-state index is -1.52. The van der Waals surface area contributed by atoms with Gasteiger partial charge in [-0.1, -0.05) is 5.16 Å². The zero-order valence-electron chi connectivity index (χ0n) is 12.3. The van der Waals surface area contributed by atoms with Crippen molar-refractivity contribution in [3.05, 3.63) is 22.7 Å². The van der Waals surface area contributed by atoms with E-state index in [1.54, 1.807) is 0 Å². The molecular formula is C12H12N2O9. The van der Waals surface area contributed by atoms with Gasteiger partial charge in [0.25, 0.3) is 0 Å². The Morgan fingerprint density at radius 1 is 1.17 bits per heavy atom. The molecule has 0 saturated carbocycles. The SMILES string of the molecule is COC(=O)C1=[N+]([O-])O[C@@H](C(=O)OC)[C@H]1c1conc1C(=O)OC. The Bertz CT molecular complexity index is 678. The summed E-state index contributed by atoms with van der Waals surface area (Å²) in [4.78, 5) is 40.0. The Balaban J connectivity index is 2.56. The molecule has 0 aliphatic carbocycles. The fourth-order valence-corrected chi connectivity index (χ4v) is 2.11. The van der Waals surface area contributed by atoms with Crippen LogP contribution in [0.5, 0.6) is 0 Å². The normalized spacial score (nSPS) is 20.0. The van der Waals surface area contributed by atoms with Crippen LogP contribution in [-0.4, -0.2) is 61.1 Å². The summed E-state index contributed by atoms with van der Waals surface area (Å²) in [5, 5.41) is 15.3. The van der Waals surface area contributed by atoms with Gasteiger partial charge in [0.15, 0.2) is 11.8 Å². The number of hydrogen-bond acceptors (Lipinski definition) is 10. The zero-order valence-corrected chi connectivity index (χ0v) is 12.3. The third kappa shape index (κ3) is 2.67. The molecular weight excluding hydrogens is 316 g/mol. The van der Waals surface area contributed by atoms with Crippen molar-refractivity contribution in [1.82, 2.24) is 5.16 Å². The molecule has 0 unspecified atom stereocenters. The third-order valence-electron chi connectivity index (χ3n) is 3.14. The van der Waals surface area contributed by atoms with Gasteiger partial charge in [-0.25, -0.2) is 9.59 Å². The maximum absolute atomic E-state index is 11.8. The molecule has 0 spiro atoms. The molecule has 0 radical (unpaired) electrons. The van der Waals surface area contributed by atoms with Crippen LogP contribution in [0.15, 0.2) is 10.8 Å². The summed E-state index contributed by atoms with van der Waals surface area (Å²) in [5.74, 6) is -4.18. The van der Waals surface area contributed by atoms with Crippen molar-refractivity contribution in [3.8, 4) is 0 Å². The third-order valence-corrected chi connectivity index (χ3v) is 3.14. The Labute approximate surface area is 128 Å². The lowest BCUT2D eigenvalue weighted by molar-refractivity contribution is -0.736. The molecule has 1 aromatic rings. The van der Waals surface area contributed by atoms with Crippen LogP contribution in [0, 0.1) is 5.21 Å². The number of aromatic nitrogens is 1. The molecule has 2 heterocycles. The van der Waals surface area contributed by atoms with Gasteiger partial charge in [0, 0.05) is 5.56 Å². The predicted octanol–water partition coefficient (Wildman–Crippen LogP) is -0.844. The van der Waals surface area contributed by atoms with Crippen LogP contribution in [0.3, 0.4) is 0 Å². The molecule has 1 aliphatic heterocycles. The Morgan fingerprint density at radius 2 is 1.83 bits per heavy atom. The Kier molecular flexibility index (Phi) is 4.48. The van der Waals surface area contributed by atoms with Crippen LogP contribution in [0.1, 0.15) is 22.0 Å². The quantitative estimate of drug-likeness (QED) is 0.390. The fraction of sp³-hybridized carbons (Fsp3) is 0.417. The van der Waals surface area contributed by atoms with Gasteiger partial charge in [-0.05, 0) is 0 Å².